The minimum atomic E-state index is -0.512. The zero-order valence-corrected chi connectivity index (χ0v) is 23.9. The van der Waals surface area contributed by atoms with Gasteiger partial charge >= 0.3 is 0 Å². The normalized spacial score (nSPS) is 25.2. The maximum atomic E-state index is 13.8. The molecule has 6 rings (SSSR count). The molecule has 2 fully saturated rings. The van der Waals surface area contributed by atoms with Crippen LogP contribution in [0.15, 0.2) is 54.3 Å². The van der Waals surface area contributed by atoms with E-state index in [0.717, 1.165) is 38.8 Å². The van der Waals surface area contributed by atoms with Crippen LogP contribution in [0.3, 0.4) is 0 Å². The van der Waals surface area contributed by atoms with Gasteiger partial charge in [0.05, 0.1) is 0 Å². The number of allylic oxidation sites excluding steroid dienone is 1. The summed E-state index contributed by atoms with van der Waals surface area (Å²) < 4.78 is 12.5. The van der Waals surface area contributed by atoms with Gasteiger partial charge in [0.1, 0.15) is 0 Å². The lowest BCUT2D eigenvalue weighted by Crippen LogP contribution is -2.49. The number of benzene rings is 2. The van der Waals surface area contributed by atoms with Crippen LogP contribution in [0, 0.1) is 5.92 Å². The molecule has 0 radical (unpaired) electrons. The summed E-state index contributed by atoms with van der Waals surface area (Å²) in [6, 6.07) is 16.0. The van der Waals surface area contributed by atoms with Gasteiger partial charge in [-0.05, 0) is 98.9 Å². The predicted molar refractivity (Wildman–Crippen MR) is 157 cm³/mol. The number of nitrogens with zero attached hydrogens (tertiary/aromatic N) is 2. The summed E-state index contributed by atoms with van der Waals surface area (Å²) in [7, 11) is 0. The number of carbonyl (C=O) groups is 1. The summed E-state index contributed by atoms with van der Waals surface area (Å²) in [5, 5.41) is 9.66. The zero-order valence-electron chi connectivity index (χ0n) is 23.9. The number of aliphatic hydroxyl groups excluding tert-OH is 1. The van der Waals surface area contributed by atoms with Gasteiger partial charge in [-0.25, -0.2) is 0 Å². The molecule has 1 amide bonds. The fourth-order valence-corrected chi connectivity index (χ4v) is 7.38. The first-order valence-corrected chi connectivity index (χ1v) is 15.5. The Morgan fingerprint density at radius 2 is 1.77 bits per heavy atom. The lowest BCUT2D eigenvalue weighted by atomic mass is 9.79. The molecule has 2 saturated heterocycles. The van der Waals surface area contributed by atoms with Crippen LogP contribution in [-0.4, -0.2) is 72.5 Å². The van der Waals surface area contributed by atoms with Crippen molar-refractivity contribution in [1.82, 2.24) is 9.80 Å². The van der Waals surface area contributed by atoms with Crippen molar-refractivity contribution in [3.63, 3.8) is 0 Å². The number of piperidine rings is 2. The summed E-state index contributed by atoms with van der Waals surface area (Å²) in [6.45, 7) is 6.56. The third-order valence-corrected chi connectivity index (χ3v) is 9.48. The maximum Gasteiger partial charge on any atom is 0.288 e. The molecule has 214 valence electrons. The van der Waals surface area contributed by atoms with E-state index in [4.69, 9.17) is 9.47 Å². The Morgan fingerprint density at radius 1 is 1.00 bits per heavy atom. The number of hydrogen-bond donors (Lipinski definition) is 1. The molecule has 0 aromatic heterocycles. The lowest BCUT2D eigenvalue weighted by molar-refractivity contribution is -0.171. The molecule has 2 aromatic carbocycles. The third kappa shape index (κ3) is 5.59. The Bertz CT molecular complexity index is 1210. The number of carbonyl (C=O) groups excluding carboxylic acids is 1. The highest BCUT2D eigenvalue weighted by Crippen LogP contribution is 2.43. The summed E-state index contributed by atoms with van der Waals surface area (Å²) in [4.78, 5) is 18.5. The molecule has 0 unspecified atom stereocenters. The Morgan fingerprint density at radius 3 is 2.55 bits per heavy atom. The van der Waals surface area contributed by atoms with E-state index in [9.17, 15) is 9.90 Å². The van der Waals surface area contributed by atoms with E-state index in [-0.39, 0.29) is 24.3 Å². The first-order chi connectivity index (χ1) is 19.7. The molecule has 3 heterocycles. The zero-order chi connectivity index (χ0) is 27.5. The van der Waals surface area contributed by atoms with Crippen molar-refractivity contribution in [2.24, 2.45) is 5.92 Å². The van der Waals surface area contributed by atoms with E-state index in [1.165, 1.54) is 60.2 Å². The van der Waals surface area contributed by atoms with Crippen LogP contribution in [0.2, 0.25) is 0 Å². The largest absolute Gasteiger partial charge is 0.459 e. The summed E-state index contributed by atoms with van der Waals surface area (Å²) >= 11 is 0. The van der Waals surface area contributed by atoms with Crippen LogP contribution >= 0.6 is 0 Å². The number of hydrogen-bond acceptors (Lipinski definition) is 5. The Hall–Kier alpha value is -2.67. The second kappa shape index (κ2) is 12.5. The van der Waals surface area contributed by atoms with Crippen molar-refractivity contribution in [1.29, 1.82) is 0 Å². The average Bonchev–Trinajstić information content (AvgIpc) is 3.38. The highest BCUT2D eigenvalue weighted by molar-refractivity contribution is 5.92. The van der Waals surface area contributed by atoms with Gasteiger partial charge in [-0.15, -0.1) is 0 Å². The minimum Gasteiger partial charge on any atom is -0.459 e. The highest BCUT2D eigenvalue weighted by Gasteiger charge is 2.40. The molecule has 4 aliphatic rings. The summed E-state index contributed by atoms with van der Waals surface area (Å²) in [5.41, 5.74) is 6.51. The molecule has 2 aromatic rings. The molecule has 3 atom stereocenters. The van der Waals surface area contributed by atoms with Crippen molar-refractivity contribution >= 4 is 5.91 Å². The van der Waals surface area contributed by atoms with Gasteiger partial charge in [0, 0.05) is 44.2 Å². The second-order valence-corrected chi connectivity index (χ2v) is 11.9. The molecule has 0 bridgehead atoms. The monoisotopic (exact) mass is 544 g/mol. The molecule has 6 nitrogen and oxygen atoms in total. The van der Waals surface area contributed by atoms with Crippen molar-refractivity contribution in [2.45, 2.75) is 76.5 Å². The molecular weight excluding hydrogens is 500 g/mol. The SMILES string of the molecule is CCO[C@@H]1OC(C(=O)N2CCC(N3CCCCC3)CC2)=C[C@H](c2ccc3c(c2)Cc2ccccc2-3)[C@@H]1CCCO. The van der Waals surface area contributed by atoms with E-state index in [0.29, 0.717) is 24.8 Å². The molecular formula is C34H44N2O4. The minimum absolute atomic E-state index is 0.0130. The van der Waals surface area contributed by atoms with Crippen LogP contribution in [0.4, 0.5) is 0 Å². The van der Waals surface area contributed by atoms with Gasteiger partial charge in [0.25, 0.3) is 5.91 Å². The van der Waals surface area contributed by atoms with Crippen molar-refractivity contribution < 1.29 is 19.4 Å². The standard InChI is InChI=1S/C34H44N2O4/c1-2-39-34-30(11-8-20-37)31(25-12-13-29-26(22-25)21-24-9-4-5-10-28(24)29)23-32(40-34)33(38)36-18-14-27(15-19-36)35-16-6-3-7-17-35/h4-5,9-10,12-13,22-23,27,30-31,34,37H,2-3,6-8,11,14-21H2,1H3/t30-,31+,34+/m0/s1. The van der Waals surface area contributed by atoms with Crippen LogP contribution in [0.25, 0.3) is 11.1 Å². The molecule has 1 aliphatic carbocycles. The number of likely N-dealkylation sites (tertiary alicyclic amines) is 2. The first kappa shape index (κ1) is 27.5. The van der Waals surface area contributed by atoms with Crippen LogP contribution in [0.5, 0.6) is 0 Å². The maximum absolute atomic E-state index is 13.8. The van der Waals surface area contributed by atoms with Gasteiger partial charge in [-0.2, -0.15) is 0 Å². The van der Waals surface area contributed by atoms with E-state index >= 15 is 0 Å². The topological polar surface area (TPSA) is 62.2 Å². The number of fused-ring (bicyclic) bond motifs is 3. The Labute approximate surface area is 239 Å². The molecule has 3 aliphatic heterocycles. The average molecular weight is 545 g/mol. The van der Waals surface area contributed by atoms with Crippen molar-refractivity contribution in [3.05, 3.63) is 71.0 Å². The predicted octanol–water partition coefficient (Wildman–Crippen LogP) is 5.48. The number of rotatable bonds is 8. The molecule has 0 spiro atoms. The van der Waals surface area contributed by atoms with Crippen LogP contribution in [0.1, 0.15) is 74.5 Å². The van der Waals surface area contributed by atoms with Crippen LogP contribution < -0.4 is 0 Å². The second-order valence-electron chi connectivity index (χ2n) is 11.9. The molecule has 0 saturated carbocycles. The van der Waals surface area contributed by atoms with Gasteiger partial charge in [-0.3, -0.25) is 4.79 Å². The first-order valence-electron chi connectivity index (χ1n) is 15.5. The summed E-state index contributed by atoms with van der Waals surface area (Å²) in [5.74, 6) is 0.413. The Balaban J connectivity index is 1.25. The quantitative estimate of drug-likeness (QED) is 0.407. The Kier molecular flexibility index (Phi) is 8.56. The smallest absolute Gasteiger partial charge is 0.288 e. The molecule has 1 N–H and O–H groups in total. The van der Waals surface area contributed by atoms with Crippen LogP contribution in [-0.2, 0) is 20.7 Å². The molecule has 6 heteroatoms. The van der Waals surface area contributed by atoms with E-state index in [2.05, 4.69) is 53.4 Å². The van der Waals surface area contributed by atoms with E-state index < -0.39 is 6.29 Å². The van der Waals surface area contributed by atoms with Gasteiger partial charge in [0.15, 0.2) is 5.76 Å². The number of aliphatic hydroxyl groups is 1. The fraction of sp³-hybridized carbons (Fsp3) is 0.559. The van der Waals surface area contributed by atoms with Gasteiger partial charge in [-0.1, -0.05) is 48.9 Å². The summed E-state index contributed by atoms with van der Waals surface area (Å²) in [6.07, 6.45) is 9.91. The fourth-order valence-electron chi connectivity index (χ4n) is 7.38. The van der Waals surface area contributed by atoms with Gasteiger partial charge < -0.3 is 24.4 Å². The lowest BCUT2D eigenvalue weighted by Gasteiger charge is -2.41. The van der Waals surface area contributed by atoms with E-state index in [1.807, 2.05) is 11.8 Å². The van der Waals surface area contributed by atoms with E-state index in [1.54, 1.807) is 0 Å². The van der Waals surface area contributed by atoms with Gasteiger partial charge in [0.2, 0.25) is 6.29 Å². The highest BCUT2D eigenvalue weighted by atomic mass is 16.7. The van der Waals surface area contributed by atoms with Crippen molar-refractivity contribution in [3.8, 4) is 11.1 Å². The third-order valence-electron chi connectivity index (χ3n) is 9.48. The number of ether oxygens (including phenoxy) is 2. The number of amides is 1. The van der Waals surface area contributed by atoms with Crippen molar-refractivity contribution in [2.75, 3.05) is 39.4 Å². The molecule has 40 heavy (non-hydrogen) atoms.